The molecule has 0 aromatic carbocycles. The second-order valence-corrected chi connectivity index (χ2v) is 7.82. The van der Waals surface area contributed by atoms with Gasteiger partial charge < -0.3 is 24.2 Å². The number of urea groups is 1. The number of nitrogens with zero attached hydrogens (tertiary/aromatic N) is 4. The number of rotatable bonds is 7. The van der Waals surface area contributed by atoms with Crippen LogP contribution < -0.4 is 5.32 Å². The Balaban J connectivity index is 1.55. The van der Waals surface area contributed by atoms with Crippen molar-refractivity contribution in [3.63, 3.8) is 0 Å². The zero-order valence-corrected chi connectivity index (χ0v) is 17.3. The summed E-state index contributed by atoms with van der Waals surface area (Å²) in [6, 6.07) is -0.127. The molecule has 1 aromatic heterocycles. The molecule has 2 aliphatic rings. The molecule has 3 rings (SSSR count). The maximum Gasteiger partial charge on any atom is 0.317 e. The highest BCUT2D eigenvalue weighted by Crippen LogP contribution is 2.33. The van der Waals surface area contributed by atoms with Gasteiger partial charge in [0.1, 0.15) is 12.6 Å². The third-order valence-corrected chi connectivity index (χ3v) is 5.95. The Hall–Kier alpha value is -1.71. The molecule has 1 saturated carbocycles. The third kappa shape index (κ3) is 5.01. The van der Waals surface area contributed by atoms with Crippen molar-refractivity contribution in [1.82, 2.24) is 25.3 Å². The monoisotopic (exact) mass is 395 g/mol. The lowest BCUT2D eigenvalue weighted by molar-refractivity contribution is -0.0360. The summed E-state index contributed by atoms with van der Waals surface area (Å²) in [5, 5.41) is 7.04. The number of nitrogens with one attached hydrogen (secondary N) is 1. The molecule has 1 saturated heterocycles. The van der Waals surface area contributed by atoms with E-state index >= 15 is 0 Å². The van der Waals surface area contributed by atoms with Crippen molar-refractivity contribution in [1.29, 1.82) is 0 Å². The van der Waals surface area contributed by atoms with Crippen LogP contribution in [0.2, 0.25) is 0 Å². The molecular weight excluding hydrogens is 362 g/mol. The molecule has 2 fully saturated rings. The highest BCUT2D eigenvalue weighted by Gasteiger charge is 2.39. The fourth-order valence-corrected chi connectivity index (χ4v) is 4.10. The summed E-state index contributed by atoms with van der Waals surface area (Å²) >= 11 is 0. The summed E-state index contributed by atoms with van der Waals surface area (Å²) in [7, 11) is 3.33. The summed E-state index contributed by atoms with van der Waals surface area (Å²) in [5.41, 5.74) is 0.0457. The lowest BCUT2D eigenvalue weighted by Gasteiger charge is -2.48. The Labute approximate surface area is 166 Å². The Morgan fingerprint density at radius 3 is 2.71 bits per heavy atom. The van der Waals surface area contributed by atoms with Gasteiger partial charge in [-0.3, -0.25) is 4.90 Å². The van der Waals surface area contributed by atoms with Crippen molar-refractivity contribution in [2.75, 3.05) is 47.0 Å². The number of methoxy groups -OCH3 is 1. The minimum absolute atomic E-state index is 0.0457. The van der Waals surface area contributed by atoms with Crippen LogP contribution in [-0.2, 0) is 16.0 Å². The topological polar surface area (TPSA) is 93.0 Å². The molecule has 1 unspecified atom stereocenters. The van der Waals surface area contributed by atoms with Crippen molar-refractivity contribution in [2.24, 2.45) is 0 Å². The summed E-state index contributed by atoms with van der Waals surface area (Å²) in [6.07, 6.45) is 5.71. The lowest BCUT2D eigenvalue weighted by atomic mass is 9.80. The Kier molecular flexibility index (Phi) is 7.25. The van der Waals surface area contributed by atoms with E-state index in [1.54, 1.807) is 19.1 Å². The molecule has 0 bridgehead atoms. The van der Waals surface area contributed by atoms with Gasteiger partial charge in [-0.1, -0.05) is 24.4 Å². The predicted molar refractivity (Wildman–Crippen MR) is 103 cm³/mol. The predicted octanol–water partition coefficient (Wildman–Crippen LogP) is 1.95. The molecule has 1 aliphatic heterocycles. The normalized spacial score (nSPS) is 21.2. The molecule has 9 heteroatoms. The summed E-state index contributed by atoms with van der Waals surface area (Å²) in [5.74, 6) is 0.886. The number of ether oxygens (including phenoxy) is 2. The molecule has 1 aromatic rings. The minimum Gasteiger partial charge on any atom is -0.379 e. The van der Waals surface area contributed by atoms with E-state index in [0.29, 0.717) is 18.3 Å². The molecule has 28 heavy (non-hydrogen) atoms. The fourth-order valence-electron chi connectivity index (χ4n) is 4.10. The summed E-state index contributed by atoms with van der Waals surface area (Å²) in [6.45, 7) is 6.19. The van der Waals surface area contributed by atoms with E-state index in [0.717, 1.165) is 39.1 Å². The van der Waals surface area contributed by atoms with Gasteiger partial charge >= 0.3 is 6.03 Å². The van der Waals surface area contributed by atoms with Crippen LogP contribution in [0.1, 0.15) is 56.8 Å². The SMILES string of the molecule is COC(C)c1noc(CN(C)C(=O)NCC2(N3CCOCC3)CCCCC2)n1. The Bertz CT molecular complexity index is 626. The molecule has 158 valence electrons. The Morgan fingerprint density at radius 1 is 1.32 bits per heavy atom. The number of hydrogen-bond donors (Lipinski definition) is 1. The maximum absolute atomic E-state index is 12.7. The molecule has 2 amide bonds. The first-order valence-electron chi connectivity index (χ1n) is 10.2. The summed E-state index contributed by atoms with van der Waals surface area (Å²) < 4.78 is 15.9. The van der Waals surface area contributed by atoms with E-state index in [1.807, 2.05) is 6.92 Å². The Morgan fingerprint density at radius 2 is 2.04 bits per heavy atom. The van der Waals surface area contributed by atoms with E-state index in [1.165, 1.54) is 19.3 Å². The van der Waals surface area contributed by atoms with Gasteiger partial charge in [-0.2, -0.15) is 4.98 Å². The van der Waals surface area contributed by atoms with Crippen molar-refractivity contribution >= 4 is 6.03 Å². The van der Waals surface area contributed by atoms with Gasteiger partial charge in [0.15, 0.2) is 5.82 Å². The molecule has 1 atom stereocenters. The maximum atomic E-state index is 12.7. The molecule has 1 N–H and O–H groups in total. The van der Waals surface area contributed by atoms with Crippen LogP contribution in [0.4, 0.5) is 4.79 Å². The van der Waals surface area contributed by atoms with E-state index in [4.69, 9.17) is 14.0 Å². The van der Waals surface area contributed by atoms with Crippen molar-refractivity contribution in [2.45, 2.75) is 57.2 Å². The van der Waals surface area contributed by atoms with Crippen LogP contribution in [0.25, 0.3) is 0 Å². The van der Waals surface area contributed by atoms with Crippen LogP contribution in [0.5, 0.6) is 0 Å². The van der Waals surface area contributed by atoms with E-state index in [-0.39, 0.29) is 24.2 Å². The number of aromatic nitrogens is 2. The second kappa shape index (κ2) is 9.67. The average Bonchev–Trinajstić information content (AvgIpc) is 3.21. The van der Waals surface area contributed by atoms with Crippen LogP contribution in [0.3, 0.4) is 0 Å². The van der Waals surface area contributed by atoms with Gasteiger partial charge in [-0.25, -0.2) is 4.79 Å². The first-order chi connectivity index (χ1) is 13.5. The number of hydrogen-bond acceptors (Lipinski definition) is 7. The highest BCUT2D eigenvalue weighted by atomic mass is 16.5. The molecule has 9 nitrogen and oxygen atoms in total. The van der Waals surface area contributed by atoms with Crippen LogP contribution in [-0.4, -0.2) is 78.5 Å². The van der Waals surface area contributed by atoms with Crippen LogP contribution in [0.15, 0.2) is 4.52 Å². The molecule has 1 aliphatic carbocycles. The third-order valence-electron chi connectivity index (χ3n) is 5.95. The van der Waals surface area contributed by atoms with Gasteiger partial charge in [-0.15, -0.1) is 0 Å². The molecule has 0 spiro atoms. The zero-order chi connectivity index (χ0) is 20.0. The molecular formula is C19H33N5O4. The molecule has 2 heterocycles. The average molecular weight is 396 g/mol. The van der Waals surface area contributed by atoms with Gasteiger partial charge in [-0.05, 0) is 19.8 Å². The quantitative estimate of drug-likeness (QED) is 0.754. The number of carbonyl (C=O) groups excluding carboxylic acids is 1. The summed E-state index contributed by atoms with van der Waals surface area (Å²) in [4.78, 5) is 21.1. The van der Waals surface area contributed by atoms with Crippen LogP contribution in [0, 0.1) is 0 Å². The van der Waals surface area contributed by atoms with Gasteiger partial charge in [0.2, 0.25) is 5.89 Å². The number of morpholine rings is 1. The number of carbonyl (C=O) groups is 1. The fraction of sp³-hybridized carbons (Fsp3) is 0.842. The minimum atomic E-state index is -0.240. The first-order valence-corrected chi connectivity index (χ1v) is 10.2. The van der Waals surface area contributed by atoms with Crippen molar-refractivity contribution in [3.05, 3.63) is 11.7 Å². The standard InChI is InChI=1S/C19H33N5O4/c1-15(26-3)17-21-16(28-22-17)13-23(2)18(25)20-14-19(7-5-4-6-8-19)24-9-11-27-12-10-24/h15H,4-14H2,1-3H3,(H,20,25). The van der Waals surface area contributed by atoms with Crippen molar-refractivity contribution < 1.29 is 18.8 Å². The van der Waals surface area contributed by atoms with Gasteiger partial charge in [0.25, 0.3) is 0 Å². The zero-order valence-electron chi connectivity index (χ0n) is 17.3. The first kappa shape index (κ1) is 21.0. The van der Waals surface area contributed by atoms with E-state index < -0.39 is 0 Å². The number of amides is 2. The molecule has 0 radical (unpaired) electrons. The highest BCUT2D eigenvalue weighted by molar-refractivity contribution is 5.73. The smallest absolute Gasteiger partial charge is 0.317 e. The largest absolute Gasteiger partial charge is 0.379 e. The van der Waals surface area contributed by atoms with E-state index in [9.17, 15) is 4.79 Å². The second-order valence-electron chi connectivity index (χ2n) is 7.82. The lowest BCUT2D eigenvalue weighted by Crippen LogP contribution is -2.60. The van der Waals surface area contributed by atoms with Gasteiger partial charge in [0.05, 0.1) is 13.2 Å². The van der Waals surface area contributed by atoms with E-state index in [2.05, 4.69) is 20.4 Å². The van der Waals surface area contributed by atoms with Crippen LogP contribution >= 0.6 is 0 Å². The van der Waals surface area contributed by atoms with Gasteiger partial charge in [0, 0.05) is 39.3 Å². The van der Waals surface area contributed by atoms with Crippen molar-refractivity contribution in [3.8, 4) is 0 Å².